The molecule has 2 aromatic rings. The van der Waals surface area contributed by atoms with Crippen molar-refractivity contribution < 1.29 is 9.47 Å². The second-order valence-corrected chi connectivity index (χ2v) is 4.91. The van der Waals surface area contributed by atoms with Crippen molar-refractivity contribution in [2.75, 3.05) is 20.3 Å². The van der Waals surface area contributed by atoms with Crippen molar-refractivity contribution >= 4 is 0 Å². The lowest BCUT2D eigenvalue weighted by Gasteiger charge is -2.25. The van der Waals surface area contributed by atoms with Gasteiger partial charge < -0.3 is 14.8 Å². The number of fused-ring (bicyclic) bond motifs is 1. The monoisotopic (exact) mass is 288 g/mol. The molecule has 0 saturated heterocycles. The van der Waals surface area contributed by atoms with Gasteiger partial charge in [-0.25, -0.2) is 4.98 Å². The second-order valence-electron chi connectivity index (χ2n) is 4.91. The molecular weight excluding hydrogens is 268 g/mol. The molecule has 6 nitrogen and oxygen atoms in total. The molecule has 0 bridgehead atoms. The van der Waals surface area contributed by atoms with Crippen molar-refractivity contribution in [2.24, 2.45) is 0 Å². The lowest BCUT2D eigenvalue weighted by atomic mass is 10.0. The minimum atomic E-state index is 0.108. The van der Waals surface area contributed by atoms with Gasteiger partial charge >= 0.3 is 0 Å². The summed E-state index contributed by atoms with van der Waals surface area (Å²) < 4.78 is 13.4. The molecule has 0 amide bonds. The summed E-state index contributed by atoms with van der Waals surface area (Å²) in [6, 6.07) is 6.12. The van der Waals surface area contributed by atoms with Gasteiger partial charge in [0.15, 0.2) is 11.5 Å². The number of aromatic nitrogens is 3. The third-order valence-electron chi connectivity index (χ3n) is 3.70. The van der Waals surface area contributed by atoms with Gasteiger partial charge in [-0.1, -0.05) is 12.1 Å². The molecule has 1 aromatic carbocycles. The quantitative estimate of drug-likeness (QED) is 0.905. The van der Waals surface area contributed by atoms with E-state index in [1.807, 2.05) is 23.9 Å². The van der Waals surface area contributed by atoms with Crippen molar-refractivity contribution in [3.8, 4) is 11.5 Å². The van der Waals surface area contributed by atoms with Gasteiger partial charge in [-0.15, -0.1) is 0 Å². The average Bonchev–Trinajstić information content (AvgIpc) is 2.99. The summed E-state index contributed by atoms with van der Waals surface area (Å²) in [4.78, 5) is 4.35. The van der Waals surface area contributed by atoms with Crippen LogP contribution in [-0.2, 0) is 13.0 Å². The summed E-state index contributed by atoms with van der Waals surface area (Å²) in [6.07, 6.45) is 2.36. The van der Waals surface area contributed by atoms with Crippen LogP contribution in [0.1, 0.15) is 24.4 Å². The van der Waals surface area contributed by atoms with E-state index in [0.29, 0.717) is 13.2 Å². The predicted octanol–water partition coefficient (Wildman–Crippen LogP) is 1.57. The molecule has 6 heteroatoms. The Morgan fingerprint density at radius 3 is 3.00 bits per heavy atom. The first-order valence-corrected chi connectivity index (χ1v) is 7.26. The molecule has 1 aromatic heterocycles. The van der Waals surface area contributed by atoms with Gasteiger partial charge in [0.1, 0.15) is 25.4 Å². The van der Waals surface area contributed by atoms with Gasteiger partial charge in [-0.3, -0.25) is 4.68 Å². The Kier molecular flexibility index (Phi) is 4.06. The van der Waals surface area contributed by atoms with E-state index in [2.05, 4.69) is 28.4 Å². The molecule has 1 atom stereocenters. The van der Waals surface area contributed by atoms with Crippen molar-refractivity contribution in [1.82, 2.24) is 20.1 Å². The smallest absolute Gasteiger partial charge is 0.166 e. The highest BCUT2D eigenvalue weighted by Gasteiger charge is 2.22. The normalized spacial score (nSPS) is 15.0. The minimum Gasteiger partial charge on any atom is -0.486 e. The Morgan fingerprint density at radius 1 is 1.33 bits per heavy atom. The summed E-state index contributed by atoms with van der Waals surface area (Å²) in [5.41, 5.74) is 1.10. The molecule has 0 saturated carbocycles. The van der Waals surface area contributed by atoms with E-state index in [-0.39, 0.29) is 6.04 Å². The van der Waals surface area contributed by atoms with E-state index >= 15 is 0 Å². The van der Waals surface area contributed by atoms with E-state index in [0.717, 1.165) is 35.9 Å². The van der Waals surface area contributed by atoms with Crippen LogP contribution in [-0.4, -0.2) is 35.0 Å². The number of benzene rings is 1. The maximum atomic E-state index is 5.81. The van der Waals surface area contributed by atoms with Crippen molar-refractivity contribution in [1.29, 1.82) is 0 Å². The lowest BCUT2D eigenvalue weighted by Crippen LogP contribution is -2.24. The SMILES string of the molecule is CCn1ncnc1CC(NC)c1cccc2c1OCCO2. The molecule has 1 unspecified atom stereocenters. The van der Waals surface area contributed by atoms with E-state index < -0.39 is 0 Å². The minimum absolute atomic E-state index is 0.108. The number of aryl methyl sites for hydroxylation is 1. The van der Waals surface area contributed by atoms with Crippen LogP contribution in [0.15, 0.2) is 24.5 Å². The molecule has 21 heavy (non-hydrogen) atoms. The molecule has 2 heterocycles. The Balaban J connectivity index is 1.90. The van der Waals surface area contributed by atoms with Crippen LogP contribution in [0.3, 0.4) is 0 Å². The maximum absolute atomic E-state index is 5.81. The molecular formula is C15H20N4O2. The largest absolute Gasteiger partial charge is 0.486 e. The first kappa shape index (κ1) is 13.9. The molecule has 0 spiro atoms. The molecule has 112 valence electrons. The van der Waals surface area contributed by atoms with Gasteiger partial charge in [-0.2, -0.15) is 5.10 Å². The Hall–Kier alpha value is -2.08. The molecule has 0 radical (unpaired) electrons. The van der Waals surface area contributed by atoms with Crippen LogP contribution in [0.5, 0.6) is 11.5 Å². The van der Waals surface area contributed by atoms with Gasteiger partial charge in [0, 0.05) is 24.6 Å². The number of hydrogen-bond acceptors (Lipinski definition) is 5. The topological polar surface area (TPSA) is 61.2 Å². The molecule has 3 rings (SSSR count). The van der Waals surface area contributed by atoms with Crippen LogP contribution in [0, 0.1) is 0 Å². The summed E-state index contributed by atoms with van der Waals surface area (Å²) >= 11 is 0. The molecule has 1 N–H and O–H groups in total. The Labute approximate surface area is 124 Å². The fourth-order valence-electron chi connectivity index (χ4n) is 2.63. The highest BCUT2D eigenvalue weighted by atomic mass is 16.6. The number of ether oxygens (including phenoxy) is 2. The van der Waals surface area contributed by atoms with Crippen LogP contribution >= 0.6 is 0 Å². The third kappa shape index (κ3) is 2.71. The van der Waals surface area contributed by atoms with E-state index in [4.69, 9.17) is 9.47 Å². The zero-order valence-corrected chi connectivity index (χ0v) is 12.4. The molecule has 0 fully saturated rings. The van der Waals surface area contributed by atoms with Crippen molar-refractivity contribution in [2.45, 2.75) is 25.9 Å². The highest BCUT2D eigenvalue weighted by Crippen LogP contribution is 2.37. The Morgan fingerprint density at radius 2 is 2.19 bits per heavy atom. The lowest BCUT2D eigenvalue weighted by molar-refractivity contribution is 0.168. The summed E-state index contributed by atoms with van der Waals surface area (Å²) in [5.74, 6) is 2.62. The summed E-state index contributed by atoms with van der Waals surface area (Å²) in [5, 5.41) is 7.57. The summed E-state index contributed by atoms with van der Waals surface area (Å²) in [6.45, 7) is 4.07. The molecule has 1 aliphatic heterocycles. The van der Waals surface area contributed by atoms with Crippen LogP contribution in [0.2, 0.25) is 0 Å². The molecule has 0 aliphatic carbocycles. The highest BCUT2D eigenvalue weighted by molar-refractivity contribution is 5.49. The third-order valence-corrected chi connectivity index (χ3v) is 3.70. The second kappa shape index (κ2) is 6.13. The fraction of sp³-hybridized carbons (Fsp3) is 0.467. The van der Waals surface area contributed by atoms with E-state index in [1.165, 1.54) is 0 Å². The van der Waals surface area contributed by atoms with Crippen LogP contribution in [0.4, 0.5) is 0 Å². The number of hydrogen-bond donors (Lipinski definition) is 1. The number of nitrogens with zero attached hydrogens (tertiary/aromatic N) is 3. The van der Waals surface area contributed by atoms with Gasteiger partial charge in [0.2, 0.25) is 0 Å². The number of para-hydroxylation sites is 1. The maximum Gasteiger partial charge on any atom is 0.166 e. The van der Waals surface area contributed by atoms with Gasteiger partial charge in [0.05, 0.1) is 0 Å². The zero-order valence-electron chi connectivity index (χ0n) is 12.4. The number of nitrogens with one attached hydrogen (secondary N) is 1. The van der Waals surface area contributed by atoms with Gasteiger partial charge in [-0.05, 0) is 20.0 Å². The summed E-state index contributed by atoms with van der Waals surface area (Å²) in [7, 11) is 1.94. The average molecular weight is 288 g/mol. The van der Waals surface area contributed by atoms with Gasteiger partial charge in [0.25, 0.3) is 0 Å². The number of rotatable bonds is 5. The first-order valence-electron chi connectivity index (χ1n) is 7.26. The van der Waals surface area contributed by atoms with Crippen molar-refractivity contribution in [3.63, 3.8) is 0 Å². The van der Waals surface area contributed by atoms with Crippen LogP contribution in [0.25, 0.3) is 0 Å². The zero-order chi connectivity index (χ0) is 14.7. The Bertz CT molecular complexity index is 611. The fourth-order valence-corrected chi connectivity index (χ4v) is 2.63. The van der Waals surface area contributed by atoms with E-state index in [9.17, 15) is 0 Å². The molecule has 1 aliphatic rings. The van der Waals surface area contributed by atoms with Crippen LogP contribution < -0.4 is 14.8 Å². The van der Waals surface area contributed by atoms with E-state index in [1.54, 1.807) is 6.33 Å². The first-order chi connectivity index (χ1) is 10.3. The van der Waals surface area contributed by atoms with Crippen molar-refractivity contribution in [3.05, 3.63) is 35.9 Å². The standard InChI is InChI=1S/C15H20N4O2/c1-3-19-14(17-10-18-19)9-12(16-2)11-5-4-6-13-15(11)21-8-7-20-13/h4-6,10,12,16H,3,7-9H2,1-2H3. The predicted molar refractivity (Wildman–Crippen MR) is 78.6 cm³/mol. The number of likely N-dealkylation sites (N-methyl/N-ethyl adjacent to an activating group) is 1.